The largest absolute Gasteiger partial charge is 0.497 e. The minimum atomic E-state index is 0.499. The summed E-state index contributed by atoms with van der Waals surface area (Å²) in [6.45, 7) is 10.7. The highest BCUT2D eigenvalue weighted by atomic mass is 16.5. The van der Waals surface area contributed by atoms with Gasteiger partial charge in [0.25, 0.3) is 0 Å². The fraction of sp³-hybridized carbons (Fsp3) is 0.452. The van der Waals surface area contributed by atoms with Gasteiger partial charge in [0.2, 0.25) is 0 Å². The molecule has 2 saturated heterocycles. The molecule has 0 spiro atoms. The smallest absolute Gasteiger partial charge is 0.119 e. The van der Waals surface area contributed by atoms with Gasteiger partial charge < -0.3 is 28.7 Å². The van der Waals surface area contributed by atoms with Gasteiger partial charge in [0.15, 0.2) is 0 Å². The lowest BCUT2D eigenvalue weighted by molar-refractivity contribution is 0.0177. The molecule has 2 aromatic carbocycles. The molecule has 1 aromatic heterocycles. The third-order valence-corrected chi connectivity index (χ3v) is 7.26. The van der Waals surface area contributed by atoms with Crippen LogP contribution in [0.15, 0.2) is 66.9 Å². The van der Waals surface area contributed by atoms with Crippen molar-refractivity contribution in [1.82, 2.24) is 9.88 Å². The van der Waals surface area contributed by atoms with Gasteiger partial charge >= 0.3 is 0 Å². The van der Waals surface area contributed by atoms with Crippen molar-refractivity contribution < 1.29 is 18.9 Å². The van der Waals surface area contributed by atoms with Crippen LogP contribution in [0.2, 0.25) is 0 Å². The molecule has 2 fully saturated rings. The molecule has 0 N–H and O–H groups in total. The number of aromatic nitrogens is 1. The normalized spacial score (nSPS) is 16.3. The third-order valence-electron chi connectivity index (χ3n) is 7.26. The number of hydrogen-bond donors (Lipinski definition) is 0. The molecular weight excluding hydrogens is 492 g/mol. The zero-order chi connectivity index (χ0) is 26.7. The minimum Gasteiger partial charge on any atom is -0.497 e. The Kier molecular flexibility index (Phi) is 10.0. The second-order valence-electron chi connectivity index (χ2n) is 9.99. The standard InChI is InChI=1S/C31H40N4O4/c1-36-31-4-2-3-27(21-31)24-35(23-26-5-7-29(8-6-26)34-14-19-38-20-15-34)30-9-10-32-28(22-30)25-39-18-13-33-11-16-37-17-12-33/h2-10,21-22H,11-20,23-25H2,1H3. The van der Waals surface area contributed by atoms with Crippen molar-refractivity contribution in [2.45, 2.75) is 19.7 Å². The molecule has 0 unspecified atom stereocenters. The van der Waals surface area contributed by atoms with E-state index in [1.54, 1.807) is 7.11 Å². The molecule has 0 bridgehead atoms. The Morgan fingerprint density at radius 3 is 2.36 bits per heavy atom. The summed E-state index contributed by atoms with van der Waals surface area (Å²) in [7, 11) is 1.71. The molecule has 0 radical (unpaired) electrons. The number of anilines is 2. The van der Waals surface area contributed by atoms with E-state index in [-0.39, 0.29) is 0 Å². The zero-order valence-corrected chi connectivity index (χ0v) is 23.0. The molecule has 0 aliphatic carbocycles. The molecule has 208 valence electrons. The van der Waals surface area contributed by atoms with Crippen molar-refractivity contribution in [3.8, 4) is 5.75 Å². The Morgan fingerprint density at radius 1 is 0.846 bits per heavy atom. The first-order valence-electron chi connectivity index (χ1n) is 13.9. The van der Waals surface area contributed by atoms with Gasteiger partial charge in [0.05, 0.1) is 52.4 Å². The molecule has 0 saturated carbocycles. The predicted molar refractivity (Wildman–Crippen MR) is 154 cm³/mol. The van der Waals surface area contributed by atoms with E-state index in [1.807, 2.05) is 18.3 Å². The van der Waals surface area contributed by atoms with Crippen molar-refractivity contribution in [2.24, 2.45) is 0 Å². The Morgan fingerprint density at radius 2 is 1.59 bits per heavy atom. The van der Waals surface area contributed by atoms with Crippen LogP contribution >= 0.6 is 0 Å². The summed E-state index contributed by atoms with van der Waals surface area (Å²) in [4.78, 5) is 11.7. The summed E-state index contributed by atoms with van der Waals surface area (Å²) in [5.74, 6) is 0.867. The van der Waals surface area contributed by atoms with Crippen molar-refractivity contribution in [1.29, 1.82) is 0 Å². The second kappa shape index (κ2) is 14.3. The quantitative estimate of drug-likeness (QED) is 0.325. The van der Waals surface area contributed by atoms with E-state index in [9.17, 15) is 0 Å². The van der Waals surface area contributed by atoms with Crippen LogP contribution in [0.4, 0.5) is 11.4 Å². The topological polar surface area (TPSA) is 59.5 Å². The Balaban J connectivity index is 1.27. The van der Waals surface area contributed by atoms with Gasteiger partial charge in [-0.1, -0.05) is 24.3 Å². The summed E-state index contributed by atoms with van der Waals surface area (Å²) >= 11 is 0. The number of nitrogens with zero attached hydrogens (tertiary/aromatic N) is 4. The Labute approximate surface area is 232 Å². The SMILES string of the molecule is COc1cccc(CN(Cc2ccc(N3CCOCC3)cc2)c2ccnc(COCCN3CCOCC3)c2)c1. The van der Waals surface area contributed by atoms with Crippen molar-refractivity contribution in [3.05, 3.63) is 83.7 Å². The highest BCUT2D eigenvalue weighted by Gasteiger charge is 2.14. The number of hydrogen-bond acceptors (Lipinski definition) is 8. The Hall–Kier alpha value is -3.17. The van der Waals surface area contributed by atoms with Crippen molar-refractivity contribution in [2.75, 3.05) is 82.7 Å². The number of benzene rings is 2. The summed E-state index contributed by atoms with van der Waals surface area (Å²) in [5.41, 5.74) is 5.76. The average molecular weight is 533 g/mol. The van der Waals surface area contributed by atoms with Gasteiger partial charge in [-0.15, -0.1) is 0 Å². The third kappa shape index (κ3) is 8.16. The molecule has 0 amide bonds. The second-order valence-corrected chi connectivity index (χ2v) is 9.99. The molecule has 39 heavy (non-hydrogen) atoms. The summed E-state index contributed by atoms with van der Waals surface area (Å²) in [6.07, 6.45) is 1.89. The molecular formula is C31H40N4O4. The van der Waals surface area contributed by atoms with E-state index in [0.29, 0.717) is 13.2 Å². The predicted octanol–water partition coefficient (Wildman–Crippen LogP) is 3.98. The van der Waals surface area contributed by atoms with Gasteiger partial charge in [-0.2, -0.15) is 0 Å². The van der Waals surface area contributed by atoms with Crippen LogP contribution in [0.3, 0.4) is 0 Å². The lowest BCUT2D eigenvalue weighted by Crippen LogP contribution is -2.38. The first-order chi connectivity index (χ1) is 19.3. The van der Waals surface area contributed by atoms with Crippen molar-refractivity contribution >= 4 is 11.4 Å². The lowest BCUT2D eigenvalue weighted by atomic mass is 10.1. The number of pyridine rings is 1. The highest BCUT2D eigenvalue weighted by molar-refractivity contribution is 5.51. The molecule has 3 heterocycles. The van der Waals surface area contributed by atoms with Gasteiger partial charge in [-0.3, -0.25) is 9.88 Å². The molecule has 2 aliphatic heterocycles. The van der Waals surface area contributed by atoms with Crippen LogP contribution in [0, 0.1) is 0 Å². The minimum absolute atomic E-state index is 0.499. The number of ether oxygens (including phenoxy) is 4. The van der Waals surface area contributed by atoms with E-state index in [2.05, 4.69) is 68.2 Å². The maximum Gasteiger partial charge on any atom is 0.119 e. The lowest BCUT2D eigenvalue weighted by Gasteiger charge is -2.29. The van der Waals surface area contributed by atoms with Gasteiger partial charge in [0, 0.05) is 63.4 Å². The first-order valence-corrected chi connectivity index (χ1v) is 13.9. The summed E-state index contributed by atoms with van der Waals surface area (Å²) < 4.78 is 22.4. The van der Waals surface area contributed by atoms with E-state index in [1.165, 1.54) is 16.8 Å². The van der Waals surface area contributed by atoms with Crippen LogP contribution in [-0.2, 0) is 33.9 Å². The highest BCUT2D eigenvalue weighted by Crippen LogP contribution is 2.24. The summed E-state index contributed by atoms with van der Waals surface area (Å²) in [5, 5.41) is 0. The van der Waals surface area contributed by atoms with Gasteiger partial charge in [0.1, 0.15) is 5.75 Å². The monoisotopic (exact) mass is 532 g/mol. The van der Waals surface area contributed by atoms with Crippen LogP contribution < -0.4 is 14.5 Å². The van der Waals surface area contributed by atoms with Gasteiger partial charge in [-0.25, -0.2) is 0 Å². The van der Waals surface area contributed by atoms with E-state index in [0.717, 1.165) is 89.4 Å². The fourth-order valence-electron chi connectivity index (χ4n) is 5.02. The Bertz CT molecular complexity index is 1150. The molecule has 2 aliphatic rings. The molecule has 3 aromatic rings. The molecule has 5 rings (SSSR count). The zero-order valence-electron chi connectivity index (χ0n) is 23.0. The van der Waals surface area contributed by atoms with Gasteiger partial charge in [-0.05, 0) is 47.5 Å². The number of methoxy groups -OCH3 is 1. The van der Waals surface area contributed by atoms with Crippen LogP contribution in [0.5, 0.6) is 5.75 Å². The first kappa shape index (κ1) is 27.4. The van der Waals surface area contributed by atoms with Crippen LogP contribution in [-0.4, -0.2) is 82.8 Å². The maximum atomic E-state index is 6.00. The van der Waals surface area contributed by atoms with Crippen molar-refractivity contribution in [3.63, 3.8) is 0 Å². The maximum absolute atomic E-state index is 6.00. The van der Waals surface area contributed by atoms with Crippen LogP contribution in [0.25, 0.3) is 0 Å². The molecule has 8 nitrogen and oxygen atoms in total. The average Bonchev–Trinajstić information content (AvgIpc) is 3.00. The number of morpholine rings is 2. The molecule has 8 heteroatoms. The van der Waals surface area contributed by atoms with E-state index in [4.69, 9.17) is 18.9 Å². The van der Waals surface area contributed by atoms with E-state index < -0.39 is 0 Å². The summed E-state index contributed by atoms with van der Waals surface area (Å²) in [6, 6.07) is 21.4. The molecule has 0 atom stereocenters. The van der Waals surface area contributed by atoms with Crippen LogP contribution in [0.1, 0.15) is 16.8 Å². The van der Waals surface area contributed by atoms with E-state index >= 15 is 0 Å². The fourth-order valence-corrected chi connectivity index (χ4v) is 5.02. The number of rotatable bonds is 12.